The number of piperidine rings is 1. The summed E-state index contributed by atoms with van der Waals surface area (Å²) in [5.41, 5.74) is 5.62. The van der Waals surface area contributed by atoms with E-state index in [4.69, 9.17) is 4.98 Å². The van der Waals surface area contributed by atoms with Gasteiger partial charge in [-0.1, -0.05) is 6.07 Å². The summed E-state index contributed by atoms with van der Waals surface area (Å²) in [5.74, 6) is 0.942. The lowest BCUT2D eigenvalue weighted by Crippen LogP contribution is -2.51. The fourth-order valence-electron chi connectivity index (χ4n) is 6.72. The summed E-state index contributed by atoms with van der Waals surface area (Å²) in [5, 5.41) is 14.4. The second kappa shape index (κ2) is 11.3. The third-order valence-electron chi connectivity index (χ3n) is 9.28. The van der Waals surface area contributed by atoms with Crippen LogP contribution in [0.3, 0.4) is 0 Å². The molecule has 0 bridgehead atoms. The molecule has 1 N–H and O–H groups in total. The number of carbonyl (C=O) groups is 1. The van der Waals surface area contributed by atoms with Crippen LogP contribution in [0.5, 0.6) is 0 Å². The van der Waals surface area contributed by atoms with E-state index in [9.17, 15) is 9.90 Å². The minimum Gasteiger partial charge on any atom is -0.393 e. The molecule has 1 saturated carbocycles. The molecular formula is C31H42N6O2. The van der Waals surface area contributed by atoms with Gasteiger partial charge in [-0.2, -0.15) is 5.10 Å². The van der Waals surface area contributed by atoms with Crippen molar-refractivity contribution in [1.82, 2.24) is 24.4 Å². The number of carbonyl (C=O) groups excluding carboxylic acids is 1. The minimum absolute atomic E-state index is 0.0764. The highest BCUT2D eigenvalue weighted by atomic mass is 16.3. The molecule has 208 valence electrons. The van der Waals surface area contributed by atoms with E-state index >= 15 is 0 Å². The van der Waals surface area contributed by atoms with Gasteiger partial charge in [-0.05, 0) is 95.1 Å². The number of rotatable bonds is 5. The number of anilines is 1. The topological polar surface area (TPSA) is 77.2 Å². The molecule has 8 nitrogen and oxygen atoms in total. The van der Waals surface area contributed by atoms with Crippen molar-refractivity contribution >= 4 is 17.1 Å². The average molecular weight is 531 g/mol. The van der Waals surface area contributed by atoms with Gasteiger partial charge < -0.3 is 19.8 Å². The van der Waals surface area contributed by atoms with Crippen molar-refractivity contribution in [2.45, 2.75) is 70.4 Å². The normalized spacial score (nSPS) is 23.6. The molecule has 3 aliphatic rings. The third kappa shape index (κ3) is 5.54. The largest absolute Gasteiger partial charge is 0.393 e. The zero-order valence-corrected chi connectivity index (χ0v) is 23.4. The van der Waals surface area contributed by atoms with Gasteiger partial charge >= 0.3 is 0 Å². The molecule has 0 aromatic carbocycles. The predicted molar refractivity (Wildman–Crippen MR) is 154 cm³/mol. The van der Waals surface area contributed by atoms with Crippen molar-refractivity contribution in [3.8, 4) is 11.3 Å². The van der Waals surface area contributed by atoms with Gasteiger partial charge in [0.2, 0.25) is 5.91 Å². The predicted octanol–water partition coefficient (Wildman–Crippen LogP) is 4.18. The van der Waals surface area contributed by atoms with E-state index in [1.54, 1.807) is 0 Å². The average Bonchev–Trinajstić information content (AvgIpc) is 3.42. The van der Waals surface area contributed by atoms with Gasteiger partial charge in [0.05, 0.1) is 23.0 Å². The summed E-state index contributed by atoms with van der Waals surface area (Å²) in [4.78, 5) is 24.9. The first-order valence-corrected chi connectivity index (χ1v) is 14.9. The molecular weight excluding hydrogens is 488 g/mol. The molecule has 1 aliphatic carbocycles. The zero-order chi connectivity index (χ0) is 26.9. The van der Waals surface area contributed by atoms with Gasteiger partial charge in [0, 0.05) is 62.3 Å². The lowest BCUT2D eigenvalue weighted by Gasteiger charge is -2.38. The number of aliphatic hydroxyl groups is 1. The Morgan fingerprint density at radius 3 is 2.36 bits per heavy atom. The summed E-state index contributed by atoms with van der Waals surface area (Å²) in [6, 6.07) is 9.32. The van der Waals surface area contributed by atoms with Crippen LogP contribution in [0.25, 0.3) is 16.8 Å². The van der Waals surface area contributed by atoms with Crippen LogP contribution in [0.4, 0.5) is 5.69 Å². The second-order valence-electron chi connectivity index (χ2n) is 12.0. The number of aliphatic hydroxyl groups excluding tert-OH is 1. The maximum absolute atomic E-state index is 13.0. The van der Waals surface area contributed by atoms with Gasteiger partial charge in [-0.25, -0.2) is 4.52 Å². The molecule has 3 aromatic heterocycles. The van der Waals surface area contributed by atoms with Crippen LogP contribution in [0.2, 0.25) is 0 Å². The molecule has 39 heavy (non-hydrogen) atoms. The van der Waals surface area contributed by atoms with Gasteiger partial charge in [0.15, 0.2) is 0 Å². The highest BCUT2D eigenvalue weighted by Gasteiger charge is 2.31. The van der Waals surface area contributed by atoms with Crippen molar-refractivity contribution in [1.29, 1.82) is 0 Å². The van der Waals surface area contributed by atoms with E-state index in [2.05, 4.69) is 65.4 Å². The first-order valence-electron chi connectivity index (χ1n) is 14.9. The van der Waals surface area contributed by atoms with E-state index in [-0.39, 0.29) is 17.9 Å². The summed E-state index contributed by atoms with van der Waals surface area (Å²) >= 11 is 0. The highest BCUT2D eigenvalue weighted by Crippen LogP contribution is 2.32. The zero-order valence-electron chi connectivity index (χ0n) is 23.4. The molecule has 3 fully saturated rings. The number of hydrogen-bond acceptors (Lipinski definition) is 6. The minimum atomic E-state index is -0.229. The third-order valence-corrected chi connectivity index (χ3v) is 9.28. The Morgan fingerprint density at radius 2 is 1.69 bits per heavy atom. The Kier molecular flexibility index (Phi) is 7.58. The molecule has 0 spiro atoms. The van der Waals surface area contributed by atoms with Crippen LogP contribution in [-0.2, 0) is 4.79 Å². The van der Waals surface area contributed by atoms with Gasteiger partial charge in [0.25, 0.3) is 0 Å². The van der Waals surface area contributed by atoms with Crippen molar-refractivity contribution < 1.29 is 9.90 Å². The molecule has 5 heterocycles. The molecule has 0 atom stereocenters. The first-order chi connectivity index (χ1) is 19.0. The maximum Gasteiger partial charge on any atom is 0.225 e. The molecule has 8 heteroatoms. The Bertz CT molecular complexity index is 1260. The SMILES string of the molecule is CC(C)N1CCC(c2ccc(-c3cc4c(N5CCN(C(=O)[C@H]6CC[C@H](O)CC6)CC5)ccnn4c3)nc2)CC1. The van der Waals surface area contributed by atoms with Crippen molar-refractivity contribution in [2.24, 2.45) is 5.92 Å². The number of fused-ring (bicyclic) bond motifs is 1. The van der Waals surface area contributed by atoms with Gasteiger partial charge in [0.1, 0.15) is 0 Å². The molecule has 0 radical (unpaired) electrons. The summed E-state index contributed by atoms with van der Waals surface area (Å²) in [6.07, 6.45) is 11.3. The standard InChI is InChI=1S/C31H42N6O2/c1-22(2)34-13-10-23(11-14-34)25-5-8-28(32-20-25)26-19-30-29(9-12-33-37(30)21-26)35-15-17-36(18-16-35)31(39)24-3-6-27(38)7-4-24/h5,8-9,12,19-24,27,38H,3-4,6-7,10-11,13-18H2,1-2H3/t24-,27-. The van der Waals surface area contributed by atoms with Crippen LogP contribution in [0.1, 0.15) is 63.9 Å². The summed E-state index contributed by atoms with van der Waals surface area (Å²) < 4.78 is 1.95. The molecule has 1 amide bonds. The van der Waals surface area contributed by atoms with Gasteiger partial charge in [-0.3, -0.25) is 9.78 Å². The van der Waals surface area contributed by atoms with Crippen LogP contribution in [0, 0.1) is 5.92 Å². The van der Waals surface area contributed by atoms with Crippen molar-refractivity contribution in [3.05, 3.63) is 48.4 Å². The van der Waals surface area contributed by atoms with E-state index in [1.807, 2.05) is 15.6 Å². The fourth-order valence-corrected chi connectivity index (χ4v) is 6.72. The van der Waals surface area contributed by atoms with Crippen LogP contribution in [-0.4, -0.2) is 86.8 Å². The van der Waals surface area contributed by atoms with Crippen LogP contribution in [0.15, 0.2) is 42.9 Å². The van der Waals surface area contributed by atoms with E-state index in [0.29, 0.717) is 12.0 Å². The van der Waals surface area contributed by atoms with E-state index in [1.165, 1.54) is 18.4 Å². The molecule has 0 unspecified atom stereocenters. The van der Waals surface area contributed by atoms with Crippen LogP contribution < -0.4 is 4.90 Å². The summed E-state index contributed by atoms with van der Waals surface area (Å²) in [7, 11) is 0. The fraction of sp³-hybridized carbons (Fsp3) is 0.581. The Morgan fingerprint density at radius 1 is 0.949 bits per heavy atom. The molecule has 2 saturated heterocycles. The maximum atomic E-state index is 13.0. The number of aromatic nitrogens is 3. The number of nitrogens with zero attached hydrogens (tertiary/aromatic N) is 6. The van der Waals surface area contributed by atoms with E-state index in [0.717, 1.165) is 87.4 Å². The van der Waals surface area contributed by atoms with Gasteiger partial charge in [-0.15, -0.1) is 0 Å². The number of likely N-dealkylation sites (tertiary alicyclic amines) is 1. The quantitative estimate of drug-likeness (QED) is 0.533. The van der Waals surface area contributed by atoms with E-state index < -0.39 is 0 Å². The lowest BCUT2D eigenvalue weighted by atomic mass is 9.86. The Hall–Kier alpha value is -2.97. The summed E-state index contributed by atoms with van der Waals surface area (Å²) in [6.45, 7) is 9.98. The number of piperazine rings is 1. The Balaban J connectivity index is 1.12. The first kappa shape index (κ1) is 26.3. The lowest BCUT2D eigenvalue weighted by molar-refractivity contribution is -0.137. The highest BCUT2D eigenvalue weighted by molar-refractivity contribution is 5.81. The Labute approximate surface area is 231 Å². The molecule has 6 rings (SSSR count). The molecule has 2 aliphatic heterocycles. The number of pyridine rings is 1. The van der Waals surface area contributed by atoms with Crippen molar-refractivity contribution in [2.75, 3.05) is 44.2 Å². The van der Waals surface area contributed by atoms with Crippen LogP contribution >= 0.6 is 0 Å². The van der Waals surface area contributed by atoms with Crippen molar-refractivity contribution in [3.63, 3.8) is 0 Å². The second-order valence-corrected chi connectivity index (χ2v) is 12.0. The smallest absolute Gasteiger partial charge is 0.225 e. The number of hydrogen-bond donors (Lipinski definition) is 1. The monoisotopic (exact) mass is 530 g/mol. The number of amides is 1. The molecule has 3 aromatic rings.